The molecule has 3 aromatic rings. The fourth-order valence-corrected chi connectivity index (χ4v) is 10.1. The second-order valence-electron chi connectivity index (χ2n) is 11.4. The third kappa shape index (κ3) is 10.3. The second-order valence-corrected chi connectivity index (χ2v) is 17.5. The van der Waals surface area contributed by atoms with E-state index >= 15 is 0 Å². The zero-order chi connectivity index (χ0) is 33.2. The standard InChI is InChI=1S/C33H45N3O6S4/c1-26-8-12-32(13-9-26)45(37,38)35-22-30-6-5-7-31(34-30)23-36(46(39,40)33-14-10-27(2)11-15-33)29(4)25-44-21-19-42-17-16-41-18-20-43-24-28(35)3/h5-15,28-29H,16-25H2,1-4H3/t28-,29-/m0/s1. The molecule has 9 nitrogen and oxygen atoms in total. The van der Waals surface area contributed by atoms with Crippen LogP contribution < -0.4 is 0 Å². The summed E-state index contributed by atoms with van der Waals surface area (Å²) < 4.78 is 70.4. The van der Waals surface area contributed by atoms with Gasteiger partial charge >= 0.3 is 0 Å². The summed E-state index contributed by atoms with van der Waals surface area (Å²) in [5.41, 5.74) is 3.04. The number of ether oxygens (including phenoxy) is 2. The van der Waals surface area contributed by atoms with Crippen molar-refractivity contribution in [2.24, 2.45) is 0 Å². The van der Waals surface area contributed by atoms with Gasteiger partial charge in [-0.15, -0.1) is 0 Å². The average molecular weight is 708 g/mol. The first-order chi connectivity index (χ1) is 22.0. The highest BCUT2D eigenvalue weighted by molar-refractivity contribution is 7.99. The number of pyridine rings is 1. The van der Waals surface area contributed by atoms with E-state index < -0.39 is 20.0 Å². The number of nitrogens with zero attached hydrogens (tertiary/aromatic N) is 3. The van der Waals surface area contributed by atoms with Crippen LogP contribution in [0.2, 0.25) is 0 Å². The van der Waals surface area contributed by atoms with Crippen LogP contribution in [0.25, 0.3) is 0 Å². The summed E-state index contributed by atoms with van der Waals surface area (Å²) in [6, 6.07) is 18.5. The van der Waals surface area contributed by atoms with Gasteiger partial charge in [0.1, 0.15) is 0 Å². The Morgan fingerprint density at radius 1 is 0.630 bits per heavy atom. The van der Waals surface area contributed by atoms with E-state index in [0.29, 0.717) is 49.3 Å². The Morgan fingerprint density at radius 2 is 1.02 bits per heavy atom. The maximum atomic E-state index is 14.0. The molecule has 252 valence electrons. The van der Waals surface area contributed by atoms with Crippen LogP contribution >= 0.6 is 23.5 Å². The third-order valence-corrected chi connectivity index (χ3v) is 13.9. The summed E-state index contributed by atoms with van der Waals surface area (Å²) in [7, 11) is -7.72. The summed E-state index contributed by atoms with van der Waals surface area (Å²) in [6.07, 6.45) is 0. The number of thioether (sulfide) groups is 2. The summed E-state index contributed by atoms with van der Waals surface area (Å²) in [4.78, 5) is 5.27. The number of fused-ring (bicyclic) bond motifs is 2. The first-order valence-corrected chi connectivity index (χ1v) is 20.6. The number of benzene rings is 2. The van der Waals surface area contributed by atoms with Gasteiger partial charge in [0, 0.05) is 35.1 Å². The van der Waals surface area contributed by atoms with E-state index in [-0.39, 0.29) is 35.0 Å². The van der Waals surface area contributed by atoms with E-state index in [1.165, 1.54) is 8.61 Å². The zero-order valence-electron chi connectivity index (χ0n) is 27.0. The maximum Gasteiger partial charge on any atom is 0.243 e. The topological polar surface area (TPSA) is 106 Å². The van der Waals surface area contributed by atoms with Crippen molar-refractivity contribution >= 4 is 43.6 Å². The Kier molecular flexibility index (Phi) is 14.0. The molecule has 2 heterocycles. The number of sulfonamides is 2. The molecular weight excluding hydrogens is 663 g/mol. The van der Waals surface area contributed by atoms with Crippen LogP contribution in [-0.2, 0) is 42.6 Å². The minimum absolute atomic E-state index is 0.0513. The molecule has 2 atom stereocenters. The highest BCUT2D eigenvalue weighted by Gasteiger charge is 2.32. The minimum Gasteiger partial charge on any atom is -0.378 e. The Labute approximate surface area is 283 Å². The van der Waals surface area contributed by atoms with Gasteiger partial charge in [0.15, 0.2) is 0 Å². The molecule has 1 aromatic heterocycles. The van der Waals surface area contributed by atoms with Gasteiger partial charge in [0.2, 0.25) is 20.0 Å². The lowest BCUT2D eigenvalue weighted by atomic mass is 10.2. The van der Waals surface area contributed by atoms with Crippen LogP contribution in [0.1, 0.15) is 36.4 Å². The first kappa shape index (κ1) is 36.9. The molecule has 4 rings (SSSR count). The van der Waals surface area contributed by atoms with Gasteiger partial charge in [0.05, 0.1) is 60.7 Å². The quantitative estimate of drug-likeness (QED) is 0.354. The fraction of sp³-hybridized carbons (Fsp3) is 0.485. The predicted octanol–water partition coefficient (Wildman–Crippen LogP) is 5.37. The van der Waals surface area contributed by atoms with Crippen LogP contribution in [-0.4, -0.2) is 92.0 Å². The number of hydrogen-bond donors (Lipinski definition) is 0. The zero-order valence-corrected chi connectivity index (χ0v) is 30.3. The predicted molar refractivity (Wildman–Crippen MR) is 187 cm³/mol. The molecule has 1 aliphatic rings. The maximum absolute atomic E-state index is 14.0. The Balaban J connectivity index is 1.68. The molecule has 0 fully saturated rings. The van der Waals surface area contributed by atoms with Gasteiger partial charge in [-0.3, -0.25) is 4.98 Å². The van der Waals surface area contributed by atoms with Crippen LogP contribution in [0.3, 0.4) is 0 Å². The van der Waals surface area contributed by atoms with Crippen LogP contribution in [0.4, 0.5) is 0 Å². The molecule has 0 saturated heterocycles. The van der Waals surface area contributed by atoms with E-state index in [2.05, 4.69) is 0 Å². The highest BCUT2D eigenvalue weighted by atomic mass is 32.2. The lowest BCUT2D eigenvalue weighted by Gasteiger charge is -2.29. The number of hydrogen-bond acceptors (Lipinski definition) is 9. The minimum atomic E-state index is -3.86. The molecule has 2 aromatic carbocycles. The summed E-state index contributed by atoms with van der Waals surface area (Å²) in [6.45, 7) is 9.81. The molecule has 13 heteroatoms. The number of aryl methyl sites for hydroxylation is 2. The molecule has 0 unspecified atom stereocenters. The van der Waals surface area contributed by atoms with Gasteiger partial charge < -0.3 is 9.47 Å². The van der Waals surface area contributed by atoms with E-state index in [9.17, 15) is 16.8 Å². The molecule has 0 aliphatic carbocycles. The largest absolute Gasteiger partial charge is 0.378 e. The monoisotopic (exact) mass is 707 g/mol. The van der Waals surface area contributed by atoms with Crippen LogP contribution in [0, 0.1) is 13.8 Å². The van der Waals surface area contributed by atoms with Gasteiger partial charge in [-0.1, -0.05) is 41.5 Å². The molecule has 0 amide bonds. The van der Waals surface area contributed by atoms with Crippen molar-refractivity contribution in [2.45, 2.75) is 62.7 Å². The number of rotatable bonds is 4. The molecule has 0 N–H and O–H groups in total. The molecular formula is C33H45N3O6S4. The molecule has 0 saturated carbocycles. The summed E-state index contributed by atoms with van der Waals surface area (Å²) >= 11 is 3.28. The Morgan fingerprint density at radius 3 is 1.41 bits per heavy atom. The van der Waals surface area contributed by atoms with Crippen molar-refractivity contribution in [3.63, 3.8) is 0 Å². The normalized spacial score (nSPS) is 21.3. The van der Waals surface area contributed by atoms with Crippen molar-refractivity contribution in [2.75, 3.05) is 49.4 Å². The first-order valence-electron chi connectivity index (χ1n) is 15.4. The lowest BCUT2D eigenvalue weighted by molar-refractivity contribution is 0.0605. The van der Waals surface area contributed by atoms with Crippen molar-refractivity contribution in [3.8, 4) is 0 Å². The SMILES string of the molecule is Cc1ccc(S(=O)(=O)N2Cc3cccc(n3)CN(S(=O)(=O)c3ccc(C)cc3)[C@@H](C)CSCCOCCOCCSC[C@@H]2C)cc1. The van der Waals surface area contributed by atoms with Gasteiger partial charge in [-0.2, -0.15) is 32.1 Å². The fourth-order valence-electron chi connectivity index (χ4n) is 4.90. The Hall–Kier alpha value is -1.97. The Bertz CT molecular complexity index is 1490. The molecule has 2 bridgehead atoms. The lowest BCUT2D eigenvalue weighted by Crippen LogP contribution is -2.40. The molecule has 46 heavy (non-hydrogen) atoms. The van der Waals surface area contributed by atoms with Crippen LogP contribution in [0.15, 0.2) is 76.5 Å². The smallest absolute Gasteiger partial charge is 0.243 e. The molecule has 0 radical (unpaired) electrons. The summed E-state index contributed by atoms with van der Waals surface area (Å²) in [5.74, 6) is 2.61. The van der Waals surface area contributed by atoms with Gasteiger partial charge in [-0.05, 0) is 64.1 Å². The highest BCUT2D eigenvalue weighted by Crippen LogP contribution is 2.26. The van der Waals surface area contributed by atoms with E-state index in [1.54, 1.807) is 84.2 Å². The molecule has 0 spiro atoms. The van der Waals surface area contributed by atoms with Crippen LogP contribution in [0.5, 0.6) is 0 Å². The van der Waals surface area contributed by atoms with Crippen molar-refractivity contribution in [1.82, 2.24) is 13.6 Å². The molecule has 1 aliphatic heterocycles. The van der Waals surface area contributed by atoms with E-state index in [0.717, 1.165) is 22.6 Å². The van der Waals surface area contributed by atoms with Gasteiger partial charge in [-0.25, -0.2) is 16.8 Å². The third-order valence-electron chi connectivity index (χ3n) is 7.57. The van der Waals surface area contributed by atoms with Crippen molar-refractivity contribution in [1.29, 1.82) is 0 Å². The average Bonchev–Trinajstić information content (AvgIpc) is 3.03. The van der Waals surface area contributed by atoms with Crippen molar-refractivity contribution < 1.29 is 26.3 Å². The number of aromatic nitrogens is 1. The van der Waals surface area contributed by atoms with Gasteiger partial charge in [0.25, 0.3) is 0 Å². The van der Waals surface area contributed by atoms with E-state index in [4.69, 9.17) is 14.5 Å². The second kappa shape index (κ2) is 17.4. The summed E-state index contributed by atoms with van der Waals surface area (Å²) in [5, 5.41) is 0. The van der Waals surface area contributed by atoms with E-state index in [1.807, 2.05) is 33.8 Å². The van der Waals surface area contributed by atoms with Crippen molar-refractivity contribution in [3.05, 3.63) is 89.2 Å².